The zero-order valence-corrected chi connectivity index (χ0v) is 19.9. The van der Waals surface area contributed by atoms with Gasteiger partial charge < -0.3 is 24.1 Å². The van der Waals surface area contributed by atoms with E-state index >= 15 is 0 Å². The predicted molar refractivity (Wildman–Crippen MR) is 127 cm³/mol. The number of phenolic OH excluding ortho intramolecular Hbond substituents is 1. The summed E-state index contributed by atoms with van der Waals surface area (Å²) in [4.78, 5) is 11.7. The molecule has 0 saturated heterocycles. The molecule has 0 bridgehead atoms. The largest absolute Gasteiger partial charge is 0.507 e. The maximum absolute atomic E-state index is 11.7. The predicted octanol–water partition coefficient (Wildman–Crippen LogP) is 5.94. The van der Waals surface area contributed by atoms with Gasteiger partial charge in [-0.2, -0.15) is 0 Å². The normalized spacial score (nSPS) is 17.2. The van der Waals surface area contributed by atoms with Crippen molar-refractivity contribution in [1.82, 2.24) is 0 Å². The van der Waals surface area contributed by atoms with Crippen LogP contribution in [0.1, 0.15) is 74.2 Å². The quantitative estimate of drug-likeness (QED) is 0.452. The Morgan fingerprint density at radius 1 is 1.21 bits per heavy atom. The molecule has 6 heteroatoms. The minimum Gasteiger partial charge on any atom is -0.507 e. The molecular formula is C27H30O6. The van der Waals surface area contributed by atoms with E-state index in [0.717, 1.165) is 10.9 Å². The van der Waals surface area contributed by atoms with E-state index < -0.39 is 11.2 Å². The average Bonchev–Trinajstić information content (AvgIpc) is 3.14. The highest BCUT2D eigenvalue weighted by atomic mass is 16.5. The van der Waals surface area contributed by atoms with Gasteiger partial charge in [-0.05, 0) is 58.4 Å². The number of carbonyl (C=O) groups is 1. The molecule has 1 aromatic heterocycles. The smallest absolute Gasteiger partial charge is 0.163 e. The highest BCUT2D eigenvalue weighted by Crippen LogP contribution is 2.43. The standard InChI is InChI=1S/C27H30O6/c1-15(22-11-18-9-19(16(2)28)21(29)12-23(18)32-22)14-27(5,30)20-10-17-7-8-26(3,4)33-24(17)13-25(20)31-6/h7-13,15,29-30H,14H2,1-6H3/t15-,27-/m0/s1. The molecule has 3 aromatic rings. The first-order chi connectivity index (χ1) is 15.4. The molecule has 0 fully saturated rings. The van der Waals surface area contributed by atoms with Gasteiger partial charge in [-0.1, -0.05) is 13.0 Å². The third kappa shape index (κ3) is 4.35. The summed E-state index contributed by atoms with van der Waals surface area (Å²) < 4.78 is 17.6. The highest BCUT2D eigenvalue weighted by molar-refractivity contribution is 6.00. The Morgan fingerprint density at radius 3 is 2.61 bits per heavy atom. The lowest BCUT2D eigenvalue weighted by atomic mass is 9.84. The fraction of sp³-hybridized carbons (Fsp3) is 0.370. The first-order valence-corrected chi connectivity index (χ1v) is 11.0. The van der Waals surface area contributed by atoms with Crippen LogP contribution in [0.15, 0.2) is 40.8 Å². The molecule has 0 unspecified atom stereocenters. The molecule has 2 N–H and O–H groups in total. The molecule has 0 radical (unpaired) electrons. The van der Waals surface area contributed by atoms with Crippen molar-refractivity contribution in [2.24, 2.45) is 0 Å². The van der Waals surface area contributed by atoms with Crippen LogP contribution in [0, 0.1) is 0 Å². The van der Waals surface area contributed by atoms with Crippen molar-refractivity contribution in [2.75, 3.05) is 7.11 Å². The maximum atomic E-state index is 11.7. The topological polar surface area (TPSA) is 89.1 Å². The Kier molecular flexibility index (Phi) is 5.53. The second-order valence-corrected chi connectivity index (χ2v) is 9.62. The molecular weight excluding hydrogens is 420 g/mol. The van der Waals surface area contributed by atoms with E-state index in [9.17, 15) is 15.0 Å². The minimum absolute atomic E-state index is 0.104. The number of ether oxygens (including phenoxy) is 2. The molecule has 4 rings (SSSR count). The summed E-state index contributed by atoms with van der Waals surface area (Å²) in [6, 6.07) is 8.67. The first kappa shape index (κ1) is 22.9. The molecule has 1 aliphatic rings. The molecule has 2 aromatic carbocycles. The molecule has 0 aliphatic carbocycles. The summed E-state index contributed by atoms with van der Waals surface area (Å²) >= 11 is 0. The Bertz CT molecular complexity index is 1260. The van der Waals surface area contributed by atoms with E-state index in [1.807, 2.05) is 51.1 Å². The molecule has 6 nitrogen and oxygen atoms in total. The third-order valence-corrected chi connectivity index (χ3v) is 6.17. The molecule has 2 atom stereocenters. The molecule has 1 aliphatic heterocycles. The summed E-state index contributed by atoms with van der Waals surface area (Å²) in [5.41, 5.74) is 0.674. The highest BCUT2D eigenvalue weighted by Gasteiger charge is 2.33. The Labute approximate surface area is 193 Å². The van der Waals surface area contributed by atoms with E-state index in [1.54, 1.807) is 20.1 Å². The van der Waals surface area contributed by atoms with Gasteiger partial charge in [-0.25, -0.2) is 0 Å². The fourth-order valence-corrected chi connectivity index (χ4v) is 4.42. The molecule has 0 spiro atoms. The van der Waals surface area contributed by atoms with Gasteiger partial charge in [0, 0.05) is 34.6 Å². The minimum atomic E-state index is -1.22. The van der Waals surface area contributed by atoms with Gasteiger partial charge in [-0.15, -0.1) is 0 Å². The molecule has 174 valence electrons. The fourth-order valence-electron chi connectivity index (χ4n) is 4.42. The summed E-state index contributed by atoms with van der Waals surface area (Å²) in [7, 11) is 1.58. The van der Waals surface area contributed by atoms with Gasteiger partial charge in [0.05, 0.1) is 18.3 Å². The lowest BCUT2D eigenvalue weighted by Crippen LogP contribution is -2.28. The molecule has 0 saturated carbocycles. The van der Waals surface area contributed by atoms with Crippen LogP contribution in [-0.2, 0) is 5.60 Å². The number of furan rings is 1. The number of carbonyl (C=O) groups excluding carboxylic acids is 1. The molecule has 0 amide bonds. The van der Waals surface area contributed by atoms with Crippen LogP contribution < -0.4 is 9.47 Å². The number of aliphatic hydroxyl groups is 1. The van der Waals surface area contributed by atoms with Crippen LogP contribution in [0.2, 0.25) is 0 Å². The number of ketones is 1. The Balaban J connectivity index is 1.65. The van der Waals surface area contributed by atoms with E-state index in [4.69, 9.17) is 13.9 Å². The lowest BCUT2D eigenvalue weighted by Gasteiger charge is -2.32. The van der Waals surface area contributed by atoms with Crippen molar-refractivity contribution < 1.29 is 28.9 Å². The van der Waals surface area contributed by atoms with Crippen molar-refractivity contribution in [1.29, 1.82) is 0 Å². The SMILES string of the molecule is COc1cc2c(cc1[C@@](C)(O)C[C@H](C)c1cc3cc(C(C)=O)c(O)cc3o1)C=CC(C)(C)O2. The van der Waals surface area contributed by atoms with Gasteiger partial charge in [0.1, 0.15) is 34.2 Å². The summed E-state index contributed by atoms with van der Waals surface area (Å²) in [5.74, 6) is 1.46. The number of aromatic hydroxyl groups is 1. The number of methoxy groups -OCH3 is 1. The average molecular weight is 451 g/mol. The number of phenols is 1. The van der Waals surface area contributed by atoms with Gasteiger partial charge in [0.2, 0.25) is 0 Å². The van der Waals surface area contributed by atoms with Gasteiger partial charge in [0.25, 0.3) is 0 Å². The number of benzene rings is 2. The van der Waals surface area contributed by atoms with E-state index in [0.29, 0.717) is 34.8 Å². The third-order valence-electron chi connectivity index (χ3n) is 6.17. The van der Waals surface area contributed by atoms with Crippen molar-refractivity contribution in [2.45, 2.75) is 58.2 Å². The van der Waals surface area contributed by atoms with E-state index in [1.165, 1.54) is 13.0 Å². The van der Waals surface area contributed by atoms with Crippen molar-refractivity contribution in [3.63, 3.8) is 0 Å². The van der Waals surface area contributed by atoms with Crippen LogP contribution in [0.4, 0.5) is 0 Å². The second-order valence-electron chi connectivity index (χ2n) is 9.62. The van der Waals surface area contributed by atoms with Gasteiger partial charge in [-0.3, -0.25) is 4.79 Å². The van der Waals surface area contributed by atoms with E-state index in [-0.39, 0.29) is 23.0 Å². The zero-order chi connectivity index (χ0) is 24.1. The van der Waals surface area contributed by atoms with Crippen LogP contribution in [0.5, 0.6) is 17.2 Å². The van der Waals surface area contributed by atoms with Crippen LogP contribution in [0.3, 0.4) is 0 Å². The van der Waals surface area contributed by atoms with Crippen LogP contribution in [0.25, 0.3) is 17.0 Å². The maximum Gasteiger partial charge on any atom is 0.163 e. The number of hydrogen-bond donors (Lipinski definition) is 2. The lowest BCUT2D eigenvalue weighted by molar-refractivity contribution is 0.0370. The van der Waals surface area contributed by atoms with Crippen molar-refractivity contribution in [3.05, 3.63) is 58.9 Å². The number of hydrogen-bond acceptors (Lipinski definition) is 6. The molecule has 33 heavy (non-hydrogen) atoms. The zero-order valence-electron chi connectivity index (χ0n) is 19.9. The molecule has 2 heterocycles. The van der Waals surface area contributed by atoms with Gasteiger partial charge >= 0.3 is 0 Å². The van der Waals surface area contributed by atoms with Crippen LogP contribution in [-0.4, -0.2) is 28.7 Å². The van der Waals surface area contributed by atoms with Crippen LogP contribution >= 0.6 is 0 Å². The summed E-state index contributed by atoms with van der Waals surface area (Å²) in [6.45, 7) is 9.10. The Hall–Kier alpha value is -3.25. The summed E-state index contributed by atoms with van der Waals surface area (Å²) in [6.07, 6.45) is 4.35. The van der Waals surface area contributed by atoms with Crippen molar-refractivity contribution in [3.8, 4) is 17.2 Å². The van der Waals surface area contributed by atoms with Gasteiger partial charge in [0.15, 0.2) is 5.78 Å². The number of Topliss-reactive ketones (excluding diaryl/α,β-unsaturated/α-hetero) is 1. The first-order valence-electron chi connectivity index (χ1n) is 11.0. The number of rotatable bonds is 6. The van der Waals surface area contributed by atoms with E-state index in [2.05, 4.69) is 0 Å². The monoisotopic (exact) mass is 450 g/mol. The summed E-state index contributed by atoms with van der Waals surface area (Å²) in [5, 5.41) is 22.3. The Morgan fingerprint density at radius 2 is 1.94 bits per heavy atom. The second kappa shape index (κ2) is 7.96. The van der Waals surface area contributed by atoms with Crippen molar-refractivity contribution >= 4 is 22.8 Å². The number of fused-ring (bicyclic) bond motifs is 2.